The minimum Gasteiger partial charge on any atom is -0.481 e. The Morgan fingerprint density at radius 2 is 1.63 bits per heavy atom. The maximum absolute atomic E-state index is 13.2. The quantitative estimate of drug-likeness (QED) is 0.164. The maximum atomic E-state index is 13.2. The van der Waals surface area contributed by atoms with Crippen molar-refractivity contribution in [3.63, 3.8) is 0 Å². The number of carbonyl (C=O) groups is 5. The number of nitrogens with zero attached hydrogens (tertiary/aromatic N) is 1. The van der Waals surface area contributed by atoms with Crippen LogP contribution in [0, 0.1) is 11.8 Å². The van der Waals surface area contributed by atoms with Gasteiger partial charge in [-0.15, -0.1) is 0 Å². The Morgan fingerprint density at radius 1 is 1.00 bits per heavy atom. The van der Waals surface area contributed by atoms with E-state index in [1.807, 2.05) is 6.92 Å². The summed E-state index contributed by atoms with van der Waals surface area (Å²) in [6.07, 6.45) is 2.53. The predicted molar refractivity (Wildman–Crippen MR) is 125 cm³/mol. The summed E-state index contributed by atoms with van der Waals surface area (Å²) >= 11 is 0. The van der Waals surface area contributed by atoms with E-state index in [1.165, 1.54) is 12.5 Å². The highest BCUT2D eigenvalue weighted by molar-refractivity contribution is 5.94. The van der Waals surface area contributed by atoms with Gasteiger partial charge in [0.2, 0.25) is 17.7 Å². The molecule has 5 unspecified atom stereocenters. The fourth-order valence-electron chi connectivity index (χ4n) is 3.14. The monoisotopic (exact) mass is 496 g/mol. The number of imidazole rings is 1. The topological polar surface area (TPSA) is 217 Å². The highest BCUT2D eigenvalue weighted by Crippen LogP contribution is 2.11. The number of carboxylic acid groups (broad SMARTS) is 2. The summed E-state index contributed by atoms with van der Waals surface area (Å²) in [6, 6.07) is -4.51. The second-order valence-corrected chi connectivity index (χ2v) is 8.82. The molecule has 0 bridgehead atoms. The standard InChI is InChI=1S/C22H36N6O7/c1-5-12(4)18(28-20(32)17(23)11(2)3)21(33)27-15(8-13-9-24-10-25-13)19(31)26-14(22(34)35)6-7-16(29)30/h9-12,14-15,17-18H,5-8,23H2,1-4H3,(H,24,25)(H,26,31)(H,27,33)(H,28,32)(H,29,30)(H,34,35). The fraction of sp³-hybridized carbons (Fsp3) is 0.636. The molecule has 0 aliphatic rings. The first kappa shape index (κ1) is 29.6. The van der Waals surface area contributed by atoms with Crippen molar-refractivity contribution in [1.82, 2.24) is 25.9 Å². The van der Waals surface area contributed by atoms with Crippen LogP contribution in [0.15, 0.2) is 12.5 Å². The predicted octanol–water partition coefficient (Wildman–Crippen LogP) is -0.615. The van der Waals surface area contributed by atoms with Gasteiger partial charge in [0.05, 0.1) is 12.4 Å². The summed E-state index contributed by atoms with van der Waals surface area (Å²) in [6.45, 7) is 7.16. The van der Waals surface area contributed by atoms with Gasteiger partial charge in [-0.1, -0.05) is 34.1 Å². The Balaban J connectivity index is 3.10. The third-order valence-corrected chi connectivity index (χ3v) is 5.69. The van der Waals surface area contributed by atoms with Gasteiger partial charge in [-0.05, 0) is 18.3 Å². The van der Waals surface area contributed by atoms with E-state index >= 15 is 0 Å². The normalized spacial score (nSPS) is 15.4. The van der Waals surface area contributed by atoms with Crippen LogP contribution in [0.4, 0.5) is 0 Å². The van der Waals surface area contributed by atoms with E-state index in [-0.39, 0.29) is 24.7 Å². The summed E-state index contributed by atoms with van der Waals surface area (Å²) in [5.41, 5.74) is 6.40. The zero-order chi connectivity index (χ0) is 26.7. The minimum absolute atomic E-state index is 0.0461. The third kappa shape index (κ3) is 9.73. The number of rotatable bonds is 15. The number of aromatic amines is 1. The average Bonchev–Trinajstić information content (AvgIpc) is 3.30. The number of aliphatic carboxylic acids is 2. The van der Waals surface area contributed by atoms with Crippen LogP contribution in [0.1, 0.15) is 52.7 Å². The molecule has 3 amide bonds. The van der Waals surface area contributed by atoms with Crippen LogP contribution in [0.2, 0.25) is 0 Å². The van der Waals surface area contributed by atoms with E-state index in [0.29, 0.717) is 12.1 Å². The average molecular weight is 497 g/mol. The smallest absolute Gasteiger partial charge is 0.326 e. The number of amides is 3. The molecular formula is C22H36N6O7. The van der Waals surface area contributed by atoms with Crippen molar-refractivity contribution in [3.8, 4) is 0 Å². The molecule has 1 aromatic rings. The van der Waals surface area contributed by atoms with E-state index in [1.54, 1.807) is 20.8 Å². The van der Waals surface area contributed by atoms with Crippen molar-refractivity contribution in [2.24, 2.45) is 17.6 Å². The zero-order valence-corrected chi connectivity index (χ0v) is 20.4. The zero-order valence-electron chi connectivity index (χ0n) is 20.4. The van der Waals surface area contributed by atoms with E-state index in [0.717, 1.165) is 0 Å². The Bertz CT molecular complexity index is 874. The first-order chi connectivity index (χ1) is 16.4. The molecule has 13 heteroatoms. The number of aromatic nitrogens is 2. The number of carboxylic acids is 2. The van der Waals surface area contributed by atoms with Crippen molar-refractivity contribution in [3.05, 3.63) is 18.2 Å². The van der Waals surface area contributed by atoms with Gasteiger partial charge in [0.15, 0.2) is 0 Å². The molecule has 35 heavy (non-hydrogen) atoms. The minimum atomic E-state index is -1.46. The molecule has 1 aromatic heterocycles. The molecule has 0 aliphatic heterocycles. The SMILES string of the molecule is CCC(C)C(NC(=O)C(N)C(C)C)C(=O)NC(Cc1cnc[nH]1)C(=O)NC(CCC(=O)O)C(=O)O. The molecule has 13 nitrogen and oxygen atoms in total. The first-order valence-electron chi connectivity index (χ1n) is 11.5. The van der Waals surface area contributed by atoms with Crippen LogP contribution < -0.4 is 21.7 Å². The lowest BCUT2D eigenvalue weighted by Gasteiger charge is -2.28. The van der Waals surface area contributed by atoms with Gasteiger partial charge in [-0.25, -0.2) is 9.78 Å². The van der Waals surface area contributed by atoms with E-state index < -0.39 is 60.2 Å². The lowest BCUT2D eigenvalue weighted by atomic mass is 9.96. The van der Waals surface area contributed by atoms with E-state index in [9.17, 15) is 29.1 Å². The Kier molecular flexibility index (Phi) is 11.9. The van der Waals surface area contributed by atoms with Crippen LogP contribution in [-0.4, -0.2) is 74.0 Å². The third-order valence-electron chi connectivity index (χ3n) is 5.69. The molecule has 0 aromatic carbocycles. The van der Waals surface area contributed by atoms with Crippen molar-refractivity contribution in [2.45, 2.75) is 77.5 Å². The molecule has 0 spiro atoms. The molecule has 0 saturated heterocycles. The number of hydrogen-bond donors (Lipinski definition) is 7. The van der Waals surface area contributed by atoms with Crippen molar-refractivity contribution >= 4 is 29.7 Å². The van der Waals surface area contributed by atoms with Gasteiger partial charge in [-0.2, -0.15) is 0 Å². The Morgan fingerprint density at radius 3 is 2.11 bits per heavy atom. The van der Waals surface area contributed by atoms with Gasteiger partial charge in [-0.3, -0.25) is 19.2 Å². The molecule has 0 aliphatic carbocycles. The number of nitrogens with two attached hydrogens (primary N) is 1. The van der Waals surface area contributed by atoms with Crippen LogP contribution in [0.5, 0.6) is 0 Å². The highest BCUT2D eigenvalue weighted by Gasteiger charge is 2.33. The molecule has 8 N–H and O–H groups in total. The number of nitrogens with one attached hydrogen (secondary N) is 4. The second-order valence-electron chi connectivity index (χ2n) is 8.82. The summed E-state index contributed by atoms with van der Waals surface area (Å²) in [5, 5.41) is 25.7. The van der Waals surface area contributed by atoms with Gasteiger partial charge in [0.1, 0.15) is 18.1 Å². The van der Waals surface area contributed by atoms with Gasteiger partial charge < -0.3 is 36.9 Å². The van der Waals surface area contributed by atoms with Crippen LogP contribution in [0.3, 0.4) is 0 Å². The molecule has 0 fully saturated rings. The van der Waals surface area contributed by atoms with Gasteiger partial charge >= 0.3 is 11.9 Å². The van der Waals surface area contributed by atoms with Crippen molar-refractivity contribution in [1.29, 1.82) is 0 Å². The van der Waals surface area contributed by atoms with Crippen molar-refractivity contribution < 1.29 is 34.2 Å². The summed E-state index contributed by atoms with van der Waals surface area (Å²) in [4.78, 5) is 67.7. The van der Waals surface area contributed by atoms with Crippen molar-refractivity contribution in [2.75, 3.05) is 0 Å². The highest BCUT2D eigenvalue weighted by atomic mass is 16.4. The molecule has 0 radical (unpaired) electrons. The molecule has 0 saturated carbocycles. The Labute approximate surface area is 203 Å². The first-order valence-corrected chi connectivity index (χ1v) is 11.5. The molecule has 5 atom stereocenters. The van der Waals surface area contributed by atoms with E-state index in [4.69, 9.17) is 10.8 Å². The summed E-state index contributed by atoms with van der Waals surface area (Å²) in [5.74, 6) is -5.03. The number of hydrogen-bond acceptors (Lipinski definition) is 7. The molecule has 196 valence electrons. The molecule has 1 rings (SSSR count). The van der Waals surface area contributed by atoms with Crippen LogP contribution in [0.25, 0.3) is 0 Å². The molecular weight excluding hydrogens is 460 g/mol. The largest absolute Gasteiger partial charge is 0.481 e. The lowest BCUT2D eigenvalue weighted by Crippen LogP contribution is -2.59. The van der Waals surface area contributed by atoms with Crippen LogP contribution >= 0.6 is 0 Å². The van der Waals surface area contributed by atoms with Gasteiger partial charge in [0, 0.05) is 24.7 Å². The number of carbonyl (C=O) groups excluding carboxylic acids is 3. The lowest BCUT2D eigenvalue weighted by molar-refractivity contribution is -0.143. The van der Waals surface area contributed by atoms with E-state index in [2.05, 4.69) is 25.9 Å². The summed E-state index contributed by atoms with van der Waals surface area (Å²) < 4.78 is 0. The maximum Gasteiger partial charge on any atom is 0.326 e. The van der Waals surface area contributed by atoms with Crippen LogP contribution in [-0.2, 0) is 30.4 Å². The fourth-order valence-corrected chi connectivity index (χ4v) is 3.14. The number of H-pyrrole nitrogens is 1. The molecule has 1 heterocycles. The second kappa shape index (κ2) is 14.0. The summed E-state index contributed by atoms with van der Waals surface area (Å²) in [7, 11) is 0. The Hall–Kier alpha value is -3.48. The van der Waals surface area contributed by atoms with Gasteiger partial charge in [0.25, 0.3) is 0 Å².